The first kappa shape index (κ1) is 35.1. The number of nitrogens with zero attached hydrogens (tertiary/aromatic N) is 4. The van der Waals surface area contributed by atoms with E-state index in [0.717, 1.165) is 92.3 Å². The zero-order valence-corrected chi connectivity index (χ0v) is 36.0. The number of para-hydroxylation sites is 5. The molecule has 8 heterocycles. The van der Waals surface area contributed by atoms with Crippen molar-refractivity contribution in [3.05, 3.63) is 162 Å². The summed E-state index contributed by atoms with van der Waals surface area (Å²) in [4.78, 5) is 7.75. The molecule has 0 fully saturated rings. The summed E-state index contributed by atoms with van der Waals surface area (Å²) in [7, 11) is 0. The average molecular weight is 837 g/mol. The van der Waals surface area contributed by atoms with Crippen LogP contribution in [0.3, 0.4) is 0 Å². The molecular formula is C57H42B2N4O2. The van der Waals surface area contributed by atoms with Gasteiger partial charge in [-0.05, 0) is 119 Å². The molecule has 0 unspecified atom stereocenters. The van der Waals surface area contributed by atoms with Crippen molar-refractivity contribution in [2.24, 2.45) is 0 Å². The third-order valence-electron chi connectivity index (χ3n) is 16.0. The van der Waals surface area contributed by atoms with E-state index in [-0.39, 0.29) is 13.4 Å². The van der Waals surface area contributed by atoms with Crippen molar-refractivity contribution >= 4 is 102 Å². The number of hydrogen-bond donors (Lipinski definition) is 0. The van der Waals surface area contributed by atoms with Crippen LogP contribution in [-0.4, -0.2) is 37.6 Å². The van der Waals surface area contributed by atoms with E-state index in [1.165, 1.54) is 99.9 Å². The van der Waals surface area contributed by atoms with Crippen molar-refractivity contribution < 1.29 is 9.47 Å². The van der Waals surface area contributed by atoms with Crippen molar-refractivity contribution in [1.29, 1.82) is 0 Å². The summed E-state index contributed by atoms with van der Waals surface area (Å²) < 4.78 is 17.1. The Morgan fingerprint density at radius 3 is 1.86 bits per heavy atom. The summed E-state index contributed by atoms with van der Waals surface area (Å²) in [5, 5.41) is 2.42. The van der Waals surface area contributed by atoms with Gasteiger partial charge in [0.1, 0.15) is 23.0 Å². The molecule has 6 nitrogen and oxygen atoms in total. The first-order chi connectivity index (χ1) is 32.2. The van der Waals surface area contributed by atoms with Crippen LogP contribution in [0.1, 0.15) is 36.0 Å². The minimum absolute atomic E-state index is 0.0501. The second-order valence-corrected chi connectivity index (χ2v) is 19.2. The molecule has 0 N–H and O–H groups in total. The fourth-order valence-electron chi connectivity index (χ4n) is 13.4. The summed E-state index contributed by atoms with van der Waals surface area (Å²) in [6.07, 6.45) is 6.68. The number of rotatable bonds is 2. The predicted octanol–water partition coefficient (Wildman–Crippen LogP) is 8.91. The Hall–Kier alpha value is -7.31. The Labute approximate surface area is 378 Å². The Morgan fingerprint density at radius 1 is 0.431 bits per heavy atom. The van der Waals surface area contributed by atoms with Crippen LogP contribution < -0.4 is 57.0 Å². The SMILES string of the molecule is c1ccc2c(c1)CCCN2c1cc2c3c(c1)Oc1c(cc4c5c1c1ccccc1n5-c1cc(N5CCCc6ccccc65)cc5c1B4c1cccc4c1N5CCC4)B3c1ccccc1O2. The molecule has 0 saturated carbocycles. The number of aromatic nitrogens is 1. The molecule has 0 bridgehead atoms. The van der Waals surface area contributed by atoms with E-state index in [2.05, 4.69) is 165 Å². The normalized spacial score (nSPS) is 16.5. The summed E-state index contributed by atoms with van der Waals surface area (Å²) in [6.45, 7) is 2.94. The molecule has 0 saturated heterocycles. The van der Waals surface area contributed by atoms with Crippen LogP contribution in [0, 0.1) is 0 Å². The number of anilines is 6. The van der Waals surface area contributed by atoms with Gasteiger partial charge in [0.25, 0.3) is 13.4 Å². The molecule has 0 aliphatic carbocycles. The second-order valence-electron chi connectivity index (χ2n) is 19.2. The molecule has 65 heavy (non-hydrogen) atoms. The molecule has 0 radical (unpaired) electrons. The van der Waals surface area contributed by atoms with Gasteiger partial charge in [0.05, 0.1) is 11.0 Å². The molecule has 7 aliphatic rings. The molecule has 9 aromatic rings. The fraction of sp³-hybridized carbons (Fsp3) is 0.158. The van der Waals surface area contributed by atoms with Crippen molar-refractivity contribution in [3.8, 4) is 28.7 Å². The Balaban J connectivity index is 1.00. The minimum atomic E-state index is -0.0636. The maximum Gasteiger partial charge on any atom is 0.260 e. The summed E-state index contributed by atoms with van der Waals surface area (Å²) >= 11 is 0. The van der Waals surface area contributed by atoms with E-state index in [9.17, 15) is 0 Å². The standard InChI is InChI=1S/C57H42B2N4O2/c1-5-22-44-34(13-1)16-10-26-60(44)37-29-47-53-48(30-37)63-46-24-7-3-19-39(46)52-56(63)42(59(53)41-21-9-15-36-18-12-28-62(47)55(36)41)33-43-57(52)65-51-32-38(61-27-11-17-35-14-2-6-23-45(35)61)31-50-54(51)58(43)40-20-4-8-25-49(40)64-50/h1-9,13-15,19-25,29-33H,10-12,16-18,26-28H2. The topological polar surface area (TPSA) is 33.1 Å². The lowest BCUT2D eigenvalue weighted by atomic mass is 9.31. The minimum Gasteiger partial charge on any atom is -0.458 e. The first-order valence-corrected chi connectivity index (χ1v) is 23.8. The highest BCUT2D eigenvalue weighted by molar-refractivity contribution is 7.02. The molecule has 1 aromatic heterocycles. The van der Waals surface area contributed by atoms with Gasteiger partial charge in [0.15, 0.2) is 0 Å². The monoisotopic (exact) mass is 836 g/mol. The first-order valence-electron chi connectivity index (χ1n) is 23.8. The number of benzene rings is 8. The highest BCUT2D eigenvalue weighted by Crippen LogP contribution is 2.48. The van der Waals surface area contributed by atoms with Crippen LogP contribution in [0.25, 0.3) is 27.5 Å². The lowest BCUT2D eigenvalue weighted by Crippen LogP contribution is -2.64. The quantitative estimate of drug-likeness (QED) is 0.163. The van der Waals surface area contributed by atoms with Crippen molar-refractivity contribution in [2.75, 3.05) is 34.3 Å². The number of ether oxygens (including phenoxy) is 2. The zero-order valence-electron chi connectivity index (χ0n) is 36.0. The summed E-state index contributed by atoms with van der Waals surface area (Å²) in [5.74, 6) is 3.65. The van der Waals surface area contributed by atoms with Gasteiger partial charge in [-0.15, -0.1) is 0 Å². The second kappa shape index (κ2) is 12.7. The number of fused-ring (bicyclic) bond motifs is 14. The summed E-state index contributed by atoms with van der Waals surface area (Å²) in [5.41, 5.74) is 23.5. The van der Waals surface area contributed by atoms with Gasteiger partial charge in [-0.3, -0.25) is 0 Å². The predicted molar refractivity (Wildman–Crippen MR) is 268 cm³/mol. The van der Waals surface area contributed by atoms with E-state index in [0.29, 0.717) is 0 Å². The molecule has 8 heteroatoms. The van der Waals surface area contributed by atoms with Crippen molar-refractivity contribution in [1.82, 2.24) is 4.57 Å². The van der Waals surface area contributed by atoms with Crippen LogP contribution in [0.15, 0.2) is 146 Å². The van der Waals surface area contributed by atoms with Gasteiger partial charge < -0.3 is 28.7 Å². The Morgan fingerprint density at radius 2 is 1.05 bits per heavy atom. The Kier molecular flexibility index (Phi) is 6.85. The molecule has 8 aromatic carbocycles. The molecule has 0 amide bonds. The highest BCUT2D eigenvalue weighted by Gasteiger charge is 2.48. The van der Waals surface area contributed by atoms with Gasteiger partial charge in [-0.25, -0.2) is 0 Å². The van der Waals surface area contributed by atoms with Gasteiger partial charge in [-0.1, -0.05) is 97.1 Å². The molecular weight excluding hydrogens is 794 g/mol. The third-order valence-corrected chi connectivity index (χ3v) is 16.0. The van der Waals surface area contributed by atoms with Crippen LogP contribution in [0.2, 0.25) is 0 Å². The maximum atomic E-state index is 7.57. The Bertz CT molecular complexity index is 3610. The molecule has 308 valence electrons. The summed E-state index contributed by atoms with van der Waals surface area (Å²) in [6, 6.07) is 55.1. The smallest absolute Gasteiger partial charge is 0.260 e. The third kappa shape index (κ3) is 4.57. The van der Waals surface area contributed by atoms with Crippen molar-refractivity contribution in [2.45, 2.75) is 38.5 Å². The molecule has 0 atom stereocenters. The average Bonchev–Trinajstić information content (AvgIpc) is 3.72. The van der Waals surface area contributed by atoms with E-state index < -0.39 is 0 Å². The van der Waals surface area contributed by atoms with E-state index in [1.807, 2.05) is 0 Å². The van der Waals surface area contributed by atoms with Crippen molar-refractivity contribution in [3.63, 3.8) is 0 Å². The van der Waals surface area contributed by atoms with Gasteiger partial charge >= 0.3 is 0 Å². The lowest BCUT2D eigenvalue weighted by Gasteiger charge is -2.44. The molecule has 16 rings (SSSR count). The molecule has 0 spiro atoms. The zero-order chi connectivity index (χ0) is 42.1. The number of hydrogen-bond acceptors (Lipinski definition) is 5. The van der Waals surface area contributed by atoms with Crippen LogP contribution in [-0.2, 0) is 19.3 Å². The largest absolute Gasteiger partial charge is 0.458 e. The fourth-order valence-corrected chi connectivity index (χ4v) is 13.4. The van der Waals surface area contributed by atoms with Crippen LogP contribution in [0.4, 0.5) is 34.1 Å². The van der Waals surface area contributed by atoms with E-state index in [4.69, 9.17) is 9.47 Å². The van der Waals surface area contributed by atoms with Gasteiger partial charge in [0, 0.05) is 87.8 Å². The maximum absolute atomic E-state index is 7.57. The van der Waals surface area contributed by atoms with Gasteiger partial charge in [0.2, 0.25) is 0 Å². The van der Waals surface area contributed by atoms with Crippen LogP contribution >= 0.6 is 0 Å². The number of aryl methyl sites for hydroxylation is 3. The highest BCUT2D eigenvalue weighted by atomic mass is 16.5. The van der Waals surface area contributed by atoms with E-state index >= 15 is 0 Å². The lowest BCUT2D eigenvalue weighted by molar-refractivity contribution is 0.467. The molecule has 7 aliphatic heterocycles. The van der Waals surface area contributed by atoms with Gasteiger partial charge in [-0.2, -0.15) is 0 Å². The van der Waals surface area contributed by atoms with E-state index in [1.54, 1.807) is 0 Å². The van der Waals surface area contributed by atoms with Crippen LogP contribution in [0.5, 0.6) is 23.0 Å².